The van der Waals surface area contributed by atoms with Crippen LogP contribution in [0.25, 0.3) is 10.4 Å². The van der Waals surface area contributed by atoms with Gasteiger partial charge in [0.05, 0.1) is 5.69 Å². The molecule has 0 atom stereocenters. The van der Waals surface area contributed by atoms with Gasteiger partial charge in [0.25, 0.3) is 0 Å². The molecule has 68 valence electrons. The van der Waals surface area contributed by atoms with Crippen molar-refractivity contribution < 1.29 is 4.79 Å². The molecule has 0 aliphatic rings. The number of nitrogens with one attached hydrogen (secondary N) is 1. The van der Waals surface area contributed by atoms with E-state index in [1.807, 2.05) is 12.3 Å². The van der Waals surface area contributed by atoms with E-state index in [0.717, 1.165) is 5.69 Å². The van der Waals surface area contributed by atoms with E-state index in [2.05, 4.69) is 20.3 Å². The smallest absolute Gasteiger partial charge is 0.232 e. The van der Waals surface area contributed by atoms with Crippen molar-refractivity contribution in [3.05, 3.63) is 21.5 Å². The molecule has 1 N–H and O–H groups in total. The molecule has 1 heterocycles. The van der Waals surface area contributed by atoms with E-state index in [1.54, 1.807) is 0 Å². The van der Waals surface area contributed by atoms with Crippen molar-refractivity contribution in [3.8, 4) is 0 Å². The zero-order valence-electron chi connectivity index (χ0n) is 6.89. The summed E-state index contributed by atoms with van der Waals surface area (Å²) in [6, 6.07) is 0. The van der Waals surface area contributed by atoms with Crippen LogP contribution in [0.1, 0.15) is 5.69 Å². The van der Waals surface area contributed by atoms with Gasteiger partial charge in [-0.15, -0.1) is 11.3 Å². The van der Waals surface area contributed by atoms with Crippen molar-refractivity contribution in [2.45, 2.75) is 6.92 Å². The largest absolute Gasteiger partial charge is 0.302 e. The number of azide groups is 1. The molecule has 0 saturated heterocycles. The van der Waals surface area contributed by atoms with Crippen LogP contribution < -0.4 is 5.32 Å². The topological polar surface area (TPSA) is 90.8 Å². The summed E-state index contributed by atoms with van der Waals surface area (Å²) in [4.78, 5) is 17.5. The summed E-state index contributed by atoms with van der Waals surface area (Å²) in [5, 5.41) is 7.97. The Hall–Kier alpha value is -1.59. The number of aryl methyl sites for hydroxylation is 1. The number of thiazole rings is 1. The molecular formula is C6H7N5OS. The molecule has 0 fully saturated rings. The summed E-state index contributed by atoms with van der Waals surface area (Å²) in [6.07, 6.45) is 0. The molecule has 6 nitrogen and oxygen atoms in total. The molecule has 0 aromatic carbocycles. The lowest BCUT2D eigenvalue weighted by atomic mass is 10.6. The highest BCUT2D eigenvalue weighted by atomic mass is 32.1. The maximum atomic E-state index is 11.0. The lowest BCUT2D eigenvalue weighted by molar-refractivity contribution is -0.114. The second kappa shape index (κ2) is 4.44. The van der Waals surface area contributed by atoms with Crippen LogP contribution in [0.4, 0.5) is 5.13 Å². The standard InChI is InChI=1S/C6H7N5OS/c1-4-3-13-6(9-4)10-5(12)2-8-11-7/h3H,2H2,1H3,(H,9,10,12). The first-order valence-corrected chi connectivity index (χ1v) is 4.33. The Bertz CT molecular complexity index is 354. The number of hydrogen-bond donors (Lipinski definition) is 1. The first kappa shape index (κ1) is 9.50. The Morgan fingerprint density at radius 1 is 1.92 bits per heavy atom. The fraction of sp³-hybridized carbons (Fsp3) is 0.333. The van der Waals surface area contributed by atoms with Gasteiger partial charge in [-0.2, -0.15) is 0 Å². The molecular weight excluding hydrogens is 190 g/mol. The maximum Gasteiger partial charge on any atom is 0.232 e. The molecule has 1 rings (SSSR count). The average Bonchev–Trinajstić information content (AvgIpc) is 2.48. The molecule has 1 amide bonds. The Morgan fingerprint density at radius 3 is 3.23 bits per heavy atom. The molecule has 0 bridgehead atoms. The molecule has 1 aromatic heterocycles. The van der Waals surface area contributed by atoms with E-state index in [0.29, 0.717) is 5.13 Å². The highest BCUT2D eigenvalue weighted by Gasteiger charge is 2.02. The minimum absolute atomic E-state index is 0.199. The van der Waals surface area contributed by atoms with Crippen LogP contribution in [0.3, 0.4) is 0 Å². The lowest BCUT2D eigenvalue weighted by Crippen LogP contribution is -2.13. The predicted molar refractivity (Wildman–Crippen MR) is 49.5 cm³/mol. The van der Waals surface area contributed by atoms with Crippen molar-refractivity contribution in [1.29, 1.82) is 0 Å². The molecule has 0 unspecified atom stereocenters. The van der Waals surface area contributed by atoms with Gasteiger partial charge in [-0.3, -0.25) is 4.79 Å². The van der Waals surface area contributed by atoms with E-state index < -0.39 is 0 Å². The van der Waals surface area contributed by atoms with Gasteiger partial charge in [0.2, 0.25) is 5.91 Å². The number of anilines is 1. The van der Waals surface area contributed by atoms with Crippen molar-refractivity contribution in [1.82, 2.24) is 4.98 Å². The number of amides is 1. The third-order valence-corrected chi connectivity index (χ3v) is 2.02. The third-order valence-electron chi connectivity index (χ3n) is 1.14. The minimum Gasteiger partial charge on any atom is -0.302 e. The molecule has 0 aliphatic carbocycles. The van der Waals surface area contributed by atoms with Gasteiger partial charge in [0, 0.05) is 10.3 Å². The normalized spacial score (nSPS) is 9.00. The van der Waals surface area contributed by atoms with Gasteiger partial charge >= 0.3 is 0 Å². The number of hydrogen-bond acceptors (Lipinski definition) is 4. The van der Waals surface area contributed by atoms with E-state index in [1.165, 1.54) is 11.3 Å². The maximum absolute atomic E-state index is 11.0. The van der Waals surface area contributed by atoms with Gasteiger partial charge in [-0.1, -0.05) is 5.11 Å². The third kappa shape index (κ3) is 3.10. The molecule has 13 heavy (non-hydrogen) atoms. The van der Waals surface area contributed by atoms with Crippen LogP contribution in [-0.2, 0) is 4.79 Å². The number of carbonyl (C=O) groups excluding carboxylic acids is 1. The van der Waals surface area contributed by atoms with Crippen molar-refractivity contribution in [3.63, 3.8) is 0 Å². The number of carbonyl (C=O) groups is 1. The van der Waals surface area contributed by atoms with Gasteiger partial charge in [0.1, 0.15) is 6.54 Å². The fourth-order valence-electron chi connectivity index (χ4n) is 0.666. The monoisotopic (exact) mass is 197 g/mol. The summed E-state index contributed by atoms with van der Waals surface area (Å²) < 4.78 is 0. The summed E-state index contributed by atoms with van der Waals surface area (Å²) in [6.45, 7) is 1.63. The van der Waals surface area contributed by atoms with Crippen LogP contribution in [-0.4, -0.2) is 17.4 Å². The van der Waals surface area contributed by atoms with Crippen molar-refractivity contribution >= 4 is 22.4 Å². The van der Waals surface area contributed by atoms with Crippen LogP contribution in [0.2, 0.25) is 0 Å². The average molecular weight is 197 g/mol. The second-order valence-electron chi connectivity index (χ2n) is 2.23. The van der Waals surface area contributed by atoms with E-state index in [9.17, 15) is 4.79 Å². The highest BCUT2D eigenvalue weighted by molar-refractivity contribution is 7.13. The molecule has 0 saturated carbocycles. The van der Waals surface area contributed by atoms with Crippen LogP contribution in [0.15, 0.2) is 10.5 Å². The number of aromatic nitrogens is 1. The fourth-order valence-corrected chi connectivity index (χ4v) is 1.37. The Balaban J connectivity index is 2.49. The van der Waals surface area contributed by atoms with Gasteiger partial charge in [-0.25, -0.2) is 4.98 Å². The van der Waals surface area contributed by atoms with Gasteiger partial charge in [0.15, 0.2) is 5.13 Å². The van der Waals surface area contributed by atoms with E-state index in [4.69, 9.17) is 5.53 Å². The van der Waals surface area contributed by atoms with E-state index in [-0.39, 0.29) is 12.5 Å². The van der Waals surface area contributed by atoms with Crippen LogP contribution in [0.5, 0.6) is 0 Å². The predicted octanol–water partition coefficient (Wildman–Crippen LogP) is 1.70. The molecule has 0 aliphatic heterocycles. The Morgan fingerprint density at radius 2 is 2.69 bits per heavy atom. The zero-order chi connectivity index (χ0) is 9.68. The first-order chi connectivity index (χ1) is 6.22. The van der Waals surface area contributed by atoms with Crippen LogP contribution >= 0.6 is 11.3 Å². The van der Waals surface area contributed by atoms with Gasteiger partial charge in [-0.05, 0) is 12.5 Å². The summed E-state index contributed by atoms with van der Waals surface area (Å²) in [5.41, 5.74) is 8.80. The van der Waals surface area contributed by atoms with Crippen molar-refractivity contribution in [2.24, 2.45) is 5.11 Å². The SMILES string of the molecule is Cc1csc(NC(=O)CN=[N+]=[N-])n1. The Labute approximate surface area is 78.2 Å². The molecule has 7 heteroatoms. The number of nitrogens with zero attached hydrogens (tertiary/aromatic N) is 4. The summed E-state index contributed by atoms with van der Waals surface area (Å²) in [5.74, 6) is -0.354. The first-order valence-electron chi connectivity index (χ1n) is 3.45. The lowest BCUT2D eigenvalue weighted by Gasteiger charge is -1.95. The molecule has 0 radical (unpaired) electrons. The van der Waals surface area contributed by atoms with E-state index >= 15 is 0 Å². The van der Waals surface area contributed by atoms with Crippen LogP contribution in [0, 0.1) is 6.92 Å². The summed E-state index contributed by atoms with van der Waals surface area (Å²) in [7, 11) is 0. The number of rotatable bonds is 3. The summed E-state index contributed by atoms with van der Waals surface area (Å²) >= 11 is 1.33. The zero-order valence-corrected chi connectivity index (χ0v) is 7.71. The molecule has 1 aromatic rings. The highest BCUT2D eigenvalue weighted by Crippen LogP contribution is 2.13. The van der Waals surface area contributed by atoms with Gasteiger partial charge < -0.3 is 5.32 Å². The Kier molecular flexibility index (Phi) is 3.24. The minimum atomic E-state index is -0.354. The second-order valence-corrected chi connectivity index (χ2v) is 3.09. The van der Waals surface area contributed by atoms with Crippen molar-refractivity contribution in [2.75, 3.05) is 11.9 Å². The molecule has 0 spiro atoms. The quantitative estimate of drug-likeness (QED) is 0.453.